The van der Waals surface area contributed by atoms with Gasteiger partial charge < -0.3 is 5.32 Å². The van der Waals surface area contributed by atoms with Gasteiger partial charge >= 0.3 is 5.69 Å². The maximum absolute atomic E-state index is 11.2. The molecule has 0 saturated carbocycles. The second-order valence-electron chi connectivity index (χ2n) is 4.47. The van der Waals surface area contributed by atoms with E-state index < -0.39 is 4.92 Å². The zero-order chi connectivity index (χ0) is 14.7. The Morgan fingerprint density at radius 2 is 2.20 bits per heavy atom. The fraction of sp³-hybridized carbons (Fsp3) is 0.500. The van der Waals surface area contributed by atoms with Crippen LogP contribution in [-0.4, -0.2) is 24.5 Å². The number of rotatable bonds is 6. The van der Waals surface area contributed by atoms with Crippen LogP contribution in [0.2, 0.25) is 0 Å². The van der Waals surface area contributed by atoms with Gasteiger partial charge in [-0.3, -0.25) is 14.8 Å². The molecule has 108 valence electrons. The summed E-state index contributed by atoms with van der Waals surface area (Å²) in [5, 5.41) is 22.6. The van der Waals surface area contributed by atoms with Crippen molar-refractivity contribution in [3.63, 3.8) is 0 Å². The fourth-order valence-electron chi connectivity index (χ4n) is 2.03. The van der Waals surface area contributed by atoms with Gasteiger partial charge in [-0.15, -0.1) is 0 Å². The molecule has 0 aliphatic carbocycles. The summed E-state index contributed by atoms with van der Waals surface area (Å²) in [5.41, 5.74) is 1.14. The second kappa shape index (κ2) is 5.72. The molecule has 20 heavy (non-hydrogen) atoms. The van der Waals surface area contributed by atoms with E-state index in [4.69, 9.17) is 0 Å². The summed E-state index contributed by atoms with van der Waals surface area (Å²) in [6.07, 6.45) is 4.30. The highest BCUT2D eigenvalue weighted by molar-refractivity contribution is 5.66. The van der Waals surface area contributed by atoms with Crippen molar-refractivity contribution in [3.05, 3.63) is 28.2 Å². The summed E-state index contributed by atoms with van der Waals surface area (Å²) < 4.78 is 3.39. The number of hydrogen-bond acceptors (Lipinski definition) is 5. The molecule has 0 unspecified atom stereocenters. The van der Waals surface area contributed by atoms with Crippen LogP contribution in [0.5, 0.6) is 0 Å². The van der Waals surface area contributed by atoms with Crippen molar-refractivity contribution < 1.29 is 4.92 Å². The van der Waals surface area contributed by atoms with Gasteiger partial charge in [0.2, 0.25) is 5.82 Å². The first-order valence-electron chi connectivity index (χ1n) is 6.58. The average molecular weight is 278 g/mol. The number of hydrogen-bond donors (Lipinski definition) is 1. The Labute approximate surface area is 116 Å². The van der Waals surface area contributed by atoms with Crippen LogP contribution in [0.25, 0.3) is 0 Å². The predicted octanol–water partition coefficient (Wildman–Crippen LogP) is 2.47. The van der Waals surface area contributed by atoms with Gasteiger partial charge in [0.05, 0.1) is 16.8 Å². The number of aryl methyl sites for hydroxylation is 3. The van der Waals surface area contributed by atoms with Crippen molar-refractivity contribution in [1.82, 2.24) is 19.6 Å². The van der Waals surface area contributed by atoms with E-state index in [1.54, 1.807) is 22.5 Å². The van der Waals surface area contributed by atoms with Crippen molar-refractivity contribution in [3.8, 4) is 0 Å². The Bertz CT molecular complexity index is 615. The molecule has 0 fully saturated rings. The minimum absolute atomic E-state index is 0.0164. The van der Waals surface area contributed by atoms with Crippen molar-refractivity contribution >= 4 is 17.2 Å². The molecule has 0 aliphatic heterocycles. The first-order chi connectivity index (χ1) is 9.56. The van der Waals surface area contributed by atoms with Crippen molar-refractivity contribution in [2.75, 3.05) is 5.32 Å². The van der Waals surface area contributed by atoms with Crippen LogP contribution in [0.3, 0.4) is 0 Å². The summed E-state index contributed by atoms with van der Waals surface area (Å²) in [7, 11) is 0. The molecule has 2 rings (SSSR count). The normalized spacial score (nSPS) is 10.8. The topological polar surface area (TPSA) is 90.8 Å². The van der Waals surface area contributed by atoms with E-state index in [0.717, 1.165) is 13.0 Å². The lowest BCUT2D eigenvalue weighted by molar-refractivity contribution is -0.384. The lowest BCUT2D eigenvalue weighted by Gasteiger charge is -2.06. The number of nitrogens with one attached hydrogen (secondary N) is 1. The molecule has 0 radical (unpaired) electrons. The SMILES string of the molecule is CCCn1nc(C)c([N+](=O)[O-])c1Nc1cnn(CC)c1. The van der Waals surface area contributed by atoms with E-state index in [-0.39, 0.29) is 5.69 Å². The Hall–Kier alpha value is -2.38. The Kier molecular flexibility index (Phi) is 4.02. The van der Waals surface area contributed by atoms with Gasteiger partial charge in [0.25, 0.3) is 0 Å². The van der Waals surface area contributed by atoms with E-state index in [1.807, 2.05) is 20.0 Å². The third kappa shape index (κ3) is 2.63. The lowest BCUT2D eigenvalue weighted by Crippen LogP contribution is -2.05. The molecule has 8 nitrogen and oxygen atoms in total. The second-order valence-corrected chi connectivity index (χ2v) is 4.47. The monoisotopic (exact) mass is 278 g/mol. The van der Waals surface area contributed by atoms with Crippen LogP contribution in [0, 0.1) is 17.0 Å². The van der Waals surface area contributed by atoms with Gasteiger partial charge in [-0.2, -0.15) is 10.2 Å². The van der Waals surface area contributed by atoms with E-state index in [1.165, 1.54) is 0 Å². The quantitative estimate of drug-likeness (QED) is 0.647. The Balaban J connectivity index is 2.39. The first-order valence-corrected chi connectivity index (χ1v) is 6.58. The van der Waals surface area contributed by atoms with Gasteiger partial charge in [0, 0.05) is 19.3 Å². The molecule has 0 amide bonds. The van der Waals surface area contributed by atoms with Gasteiger partial charge in [0.15, 0.2) is 0 Å². The van der Waals surface area contributed by atoms with Crippen LogP contribution >= 0.6 is 0 Å². The summed E-state index contributed by atoms with van der Waals surface area (Å²) in [4.78, 5) is 10.8. The molecule has 2 aromatic heterocycles. The Morgan fingerprint density at radius 3 is 2.75 bits per heavy atom. The average Bonchev–Trinajstić information content (AvgIpc) is 2.96. The van der Waals surface area contributed by atoms with Crippen LogP contribution in [0.4, 0.5) is 17.2 Å². The molecule has 2 heterocycles. The predicted molar refractivity (Wildman–Crippen MR) is 75.1 cm³/mol. The maximum Gasteiger partial charge on any atom is 0.334 e. The molecule has 0 aliphatic rings. The van der Waals surface area contributed by atoms with Crippen molar-refractivity contribution in [2.24, 2.45) is 0 Å². The van der Waals surface area contributed by atoms with E-state index >= 15 is 0 Å². The van der Waals surface area contributed by atoms with Gasteiger partial charge in [-0.25, -0.2) is 4.68 Å². The van der Waals surface area contributed by atoms with Gasteiger partial charge in [-0.1, -0.05) is 6.92 Å². The number of anilines is 2. The Morgan fingerprint density at radius 1 is 1.45 bits per heavy atom. The lowest BCUT2D eigenvalue weighted by atomic mass is 10.3. The van der Waals surface area contributed by atoms with E-state index in [2.05, 4.69) is 15.5 Å². The molecule has 2 aromatic rings. The fourth-order valence-corrected chi connectivity index (χ4v) is 2.03. The highest BCUT2D eigenvalue weighted by Crippen LogP contribution is 2.30. The van der Waals surface area contributed by atoms with Crippen LogP contribution in [0.15, 0.2) is 12.4 Å². The largest absolute Gasteiger partial charge is 0.334 e. The number of nitrogens with zero attached hydrogens (tertiary/aromatic N) is 5. The molecule has 0 spiro atoms. The van der Waals surface area contributed by atoms with Crippen molar-refractivity contribution in [1.29, 1.82) is 0 Å². The molecular weight excluding hydrogens is 260 g/mol. The highest BCUT2D eigenvalue weighted by Gasteiger charge is 2.25. The summed E-state index contributed by atoms with van der Waals surface area (Å²) in [6, 6.07) is 0. The molecule has 0 saturated heterocycles. The summed E-state index contributed by atoms with van der Waals surface area (Å²) in [6.45, 7) is 6.99. The molecule has 0 atom stereocenters. The maximum atomic E-state index is 11.2. The number of aromatic nitrogens is 4. The van der Waals surface area contributed by atoms with E-state index in [0.29, 0.717) is 23.7 Å². The minimum atomic E-state index is -0.402. The first kappa shape index (κ1) is 14.0. The highest BCUT2D eigenvalue weighted by atomic mass is 16.6. The number of nitro groups is 1. The zero-order valence-electron chi connectivity index (χ0n) is 11.8. The van der Waals surface area contributed by atoms with E-state index in [9.17, 15) is 10.1 Å². The third-order valence-corrected chi connectivity index (χ3v) is 2.93. The molecule has 0 bridgehead atoms. The van der Waals surface area contributed by atoms with Gasteiger partial charge in [-0.05, 0) is 20.3 Å². The summed E-state index contributed by atoms with van der Waals surface area (Å²) in [5.74, 6) is 0.407. The molecule has 0 aromatic carbocycles. The molecule has 1 N–H and O–H groups in total. The molecule has 8 heteroatoms. The van der Waals surface area contributed by atoms with Crippen LogP contribution in [0.1, 0.15) is 26.0 Å². The molecular formula is C12H18N6O2. The van der Waals surface area contributed by atoms with Crippen molar-refractivity contribution in [2.45, 2.75) is 40.3 Å². The van der Waals surface area contributed by atoms with Gasteiger partial charge in [0.1, 0.15) is 5.69 Å². The standard InChI is InChI=1S/C12H18N6O2/c1-4-6-17-12(11(18(19)20)9(3)15-17)14-10-7-13-16(5-2)8-10/h7-8,14H,4-6H2,1-3H3. The zero-order valence-corrected chi connectivity index (χ0v) is 11.8. The van der Waals surface area contributed by atoms with Crippen LogP contribution in [-0.2, 0) is 13.1 Å². The third-order valence-electron chi connectivity index (χ3n) is 2.93. The summed E-state index contributed by atoms with van der Waals surface area (Å²) >= 11 is 0. The minimum Gasteiger partial charge on any atom is -0.332 e. The smallest absolute Gasteiger partial charge is 0.332 e. The van der Waals surface area contributed by atoms with Crippen LogP contribution < -0.4 is 5.32 Å².